The van der Waals surface area contributed by atoms with Crippen LogP contribution in [0.15, 0.2) is 41.3 Å². The van der Waals surface area contributed by atoms with Crippen molar-refractivity contribution >= 4 is 5.91 Å². The van der Waals surface area contributed by atoms with Gasteiger partial charge in [0.15, 0.2) is 12.1 Å². The topological polar surface area (TPSA) is 72.1 Å². The van der Waals surface area contributed by atoms with Crippen LogP contribution in [-0.2, 0) is 5.41 Å². The lowest BCUT2D eigenvalue weighted by molar-refractivity contribution is 0.0419. The average Bonchev–Trinajstić information content (AvgIpc) is 3.50. The Kier molecular flexibility index (Phi) is 4.66. The van der Waals surface area contributed by atoms with E-state index in [2.05, 4.69) is 29.0 Å². The summed E-state index contributed by atoms with van der Waals surface area (Å²) in [6, 6.07) is 5.68. The Hall–Kier alpha value is -3.16. The summed E-state index contributed by atoms with van der Waals surface area (Å²) < 4.78 is 34.0. The molecule has 34 heavy (non-hydrogen) atoms. The summed E-state index contributed by atoms with van der Waals surface area (Å²) in [7, 11) is 0. The van der Waals surface area contributed by atoms with Gasteiger partial charge in [-0.3, -0.25) is 4.79 Å². The SMILES string of the molecule is CC1(C)C2CCC1(C1CCCN(C(=O)c3cocn3)C1)c1nnc(-c3c(F)cccc3F)cc12. The molecule has 2 aliphatic carbocycles. The summed E-state index contributed by atoms with van der Waals surface area (Å²) in [6.45, 7) is 5.85. The number of rotatable bonds is 3. The number of fused-ring (bicyclic) bond motifs is 5. The van der Waals surface area contributed by atoms with Crippen LogP contribution in [0.4, 0.5) is 8.78 Å². The first-order valence-electron chi connectivity index (χ1n) is 11.8. The molecule has 3 heterocycles. The molecule has 1 saturated carbocycles. The largest absolute Gasteiger partial charge is 0.451 e. The van der Waals surface area contributed by atoms with Crippen molar-refractivity contribution in [3.63, 3.8) is 0 Å². The van der Waals surface area contributed by atoms with E-state index in [0.29, 0.717) is 18.8 Å². The smallest absolute Gasteiger partial charge is 0.275 e. The lowest BCUT2D eigenvalue weighted by atomic mass is 9.59. The van der Waals surface area contributed by atoms with Crippen molar-refractivity contribution in [1.29, 1.82) is 0 Å². The van der Waals surface area contributed by atoms with E-state index in [1.54, 1.807) is 0 Å². The number of benzene rings is 1. The Morgan fingerprint density at radius 2 is 1.97 bits per heavy atom. The number of likely N-dealkylation sites (tertiary alicyclic amines) is 1. The van der Waals surface area contributed by atoms with Crippen molar-refractivity contribution in [3.8, 4) is 11.3 Å². The molecule has 6 nitrogen and oxygen atoms in total. The third-order valence-corrected chi connectivity index (χ3v) is 8.75. The van der Waals surface area contributed by atoms with E-state index in [9.17, 15) is 13.6 Å². The number of nitrogens with zero attached hydrogens (tertiary/aromatic N) is 4. The lowest BCUT2D eigenvalue weighted by Gasteiger charge is -2.48. The minimum absolute atomic E-state index is 0.110. The van der Waals surface area contributed by atoms with Gasteiger partial charge in [0, 0.05) is 18.5 Å². The Bertz CT molecular complexity index is 1260. The highest BCUT2D eigenvalue weighted by molar-refractivity contribution is 5.92. The molecule has 0 N–H and O–H groups in total. The van der Waals surface area contributed by atoms with Gasteiger partial charge in [0.2, 0.25) is 0 Å². The maximum Gasteiger partial charge on any atom is 0.275 e. The molecule has 3 atom stereocenters. The standard InChI is InChI=1S/C26H26F2N4O2/c1-25(2)17-8-9-26(25,15-5-4-10-32(12-15)24(33)21-13-34-14-29-21)23-16(17)11-20(30-31-23)22-18(27)6-3-7-19(22)28/h3,6-7,11,13-15,17H,4-5,8-10,12H2,1-2H3. The molecule has 3 aromatic rings. The van der Waals surface area contributed by atoms with E-state index < -0.39 is 11.6 Å². The number of piperidine rings is 1. The molecule has 8 heteroatoms. The first-order chi connectivity index (χ1) is 16.3. The predicted octanol–water partition coefficient (Wildman–Crippen LogP) is 5.12. The quantitative estimate of drug-likeness (QED) is 0.538. The van der Waals surface area contributed by atoms with E-state index in [-0.39, 0.29) is 39.8 Å². The van der Waals surface area contributed by atoms with Gasteiger partial charge < -0.3 is 9.32 Å². The molecule has 1 aromatic carbocycles. The molecule has 3 aliphatic rings. The van der Waals surface area contributed by atoms with Gasteiger partial charge in [-0.05, 0) is 66.7 Å². The highest BCUT2D eigenvalue weighted by Crippen LogP contribution is 2.70. The summed E-state index contributed by atoms with van der Waals surface area (Å²) in [5.74, 6) is -0.949. The minimum atomic E-state index is -0.638. The second kappa shape index (κ2) is 7.42. The van der Waals surface area contributed by atoms with Gasteiger partial charge in [0.1, 0.15) is 17.9 Å². The fourth-order valence-electron chi connectivity index (χ4n) is 7.18. The third kappa shape index (κ3) is 2.77. The van der Waals surface area contributed by atoms with Gasteiger partial charge in [-0.15, -0.1) is 0 Å². The Labute approximate surface area is 196 Å². The van der Waals surface area contributed by atoms with Crippen LogP contribution in [0.5, 0.6) is 0 Å². The van der Waals surface area contributed by atoms with Crippen molar-refractivity contribution in [2.24, 2.45) is 11.3 Å². The van der Waals surface area contributed by atoms with Crippen LogP contribution >= 0.6 is 0 Å². The molecule has 2 fully saturated rings. The van der Waals surface area contributed by atoms with E-state index >= 15 is 0 Å². The number of oxazole rings is 1. The molecule has 1 saturated heterocycles. The zero-order valence-corrected chi connectivity index (χ0v) is 19.2. The number of halogens is 2. The molecule has 1 amide bonds. The summed E-state index contributed by atoms with van der Waals surface area (Å²) in [6.07, 6.45) is 6.51. The third-order valence-electron chi connectivity index (χ3n) is 8.75. The number of aromatic nitrogens is 3. The monoisotopic (exact) mass is 464 g/mol. The molecule has 1 aliphatic heterocycles. The fraction of sp³-hybridized carbons (Fsp3) is 0.462. The summed E-state index contributed by atoms with van der Waals surface area (Å²) in [5, 5.41) is 8.98. The number of carbonyl (C=O) groups excluding carboxylic acids is 1. The Morgan fingerprint density at radius 3 is 2.71 bits per heavy atom. The first-order valence-corrected chi connectivity index (χ1v) is 11.8. The summed E-state index contributed by atoms with van der Waals surface area (Å²) in [4.78, 5) is 18.9. The van der Waals surface area contributed by atoms with Crippen LogP contribution in [0.3, 0.4) is 0 Å². The number of amides is 1. The summed E-state index contributed by atoms with van der Waals surface area (Å²) >= 11 is 0. The molecule has 0 spiro atoms. The second-order valence-electron chi connectivity index (χ2n) is 10.4. The molecule has 0 radical (unpaired) electrons. The number of hydrogen-bond acceptors (Lipinski definition) is 5. The second-order valence-corrected chi connectivity index (χ2v) is 10.4. The van der Waals surface area contributed by atoms with Crippen molar-refractivity contribution in [2.45, 2.75) is 50.9 Å². The Balaban J connectivity index is 1.40. The fourth-order valence-corrected chi connectivity index (χ4v) is 7.18. The van der Waals surface area contributed by atoms with E-state index in [1.165, 1.54) is 30.9 Å². The van der Waals surface area contributed by atoms with Crippen molar-refractivity contribution < 1.29 is 18.0 Å². The highest BCUT2D eigenvalue weighted by Gasteiger charge is 2.66. The molecule has 2 bridgehead atoms. The minimum Gasteiger partial charge on any atom is -0.451 e. The van der Waals surface area contributed by atoms with E-state index in [4.69, 9.17) is 4.42 Å². The van der Waals surface area contributed by atoms with Gasteiger partial charge in [0.05, 0.1) is 17.0 Å². The van der Waals surface area contributed by atoms with Gasteiger partial charge in [-0.1, -0.05) is 19.9 Å². The predicted molar refractivity (Wildman–Crippen MR) is 120 cm³/mol. The number of hydrogen-bond donors (Lipinski definition) is 0. The number of carbonyl (C=O) groups is 1. The van der Waals surface area contributed by atoms with Gasteiger partial charge >= 0.3 is 0 Å². The average molecular weight is 465 g/mol. The lowest BCUT2D eigenvalue weighted by Crippen LogP contribution is -2.51. The molecular formula is C26H26F2N4O2. The van der Waals surface area contributed by atoms with Gasteiger partial charge in [-0.25, -0.2) is 13.8 Å². The van der Waals surface area contributed by atoms with Crippen LogP contribution < -0.4 is 0 Å². The molecule has 176 valence electrons. The van der Waals surface area contributed by atoms with Crippen LogP contribution in [0.2, 0.25) is 0 Å². The molecule has 6 rings (SSSR count). The maximum absolute atomic E-state index is 14.5. The molecule has 2 aromatic heterocycles. The molecule has 3 unspecified atom stereocenters. The van der Waals surface area contributed by atoms with Crippen LogP contribution in [0, 0.1) is 23.0 Å². The van der Waals surface area contributed by atoms with Crippen LogP contribution in [-0.4, -0.2) is 39.1 Å². The maximum atomic E-state index is 14.5. The first kappa shape index (κ1) is 21.4. The van der Waals surface area contributed by atoms with Gasteiger partial charge in [-0.2, -0.15) is 10.2 Å². The molecular weight excluding hydrogens is 438 g/mol. The van der Waals surface area contributed by atoms with Crippen molar-refractivity contribution in [1.82, 2.24) is 20.1 Å². The van der Waals surface area contributed by atoms with Crippen LogP contribution in [0.25, 0.3) is 11.3 Å². The van der Waals surface area contributed by atoms with E-state index in [1.807, 2.05) is 11.0 Å². The Morgan fingerprint density at radius 1 is 1.18 bits per heavy atom. The zero-order chi connectivity index (χ0) is 23.7. The van der Waals surface area contributed by atoms with Crippen molar-refractivity contribution in [3.05, 3.63) is 65.5 Å². The summed E-state index contributed by atoms with van der Waals surface area (Å²) in [5.41, 5.74) is 2.06. The normalized spacial score (nSPS) is 27.1. The highest BCUT2D eigenvalue weighted by atomic mass is 19.1. The van der Waals surface area contributed by atoms with E-state index in [0.717, 1.165) is 36.9 Å². The zero-order valence-electron chi connectivity index (χ0n) is 19.2. The van der Waals surface area contributed by atoms with Crippen LogP contribution in [0.1, 0.15) is 67.2 Å². The van der Waals surface area contributed by atoms with Gasteiger partial charge in [0.25, 0.3) is 5.91 Å². The van der Waals surface area contributed by atoms with Crippen molar-refractivity contribution in [2.75, 3.05) is 13.1 Å².